The van der Waals surface area contributed by atoms with E-state index < -0.39 is 18.5 Å². The average molecular weight is 362 g/mol. The third kappa shape index (κ3) is 3.54. The lowest BCUT2D eigenvalue weighted by atomic mass is 10.1. The minimum atomic E-state index is -4.25. The number of fused-ring (bicyclic) bond motifs is 1. The molecule has 3 heterocycles. The van der Waals surface area contributed by atoms with E-state index in [1.54, 1.807) is 18.5 Å². The molecule has 1 aliphatic rings. The molecule has 0 spiro atoms. The van der Waals surface area contributed by atoms with Gasteiger partial charge in [0.25, 0.3) is 0 Å². The van der Waals surface area contributed by atoms with Crippen molar-refractivity contribution in [1.29, 1.82) is 0 Å². The zero-order valence-electron chi connectivity index (χ0n) is 13.3. The summed E-state index contributed by atoms with van der Waals surface area (Å²) in [6.45, 7) is 2.50. The van der Waals surface area contributed by atoms with Crippen molar-refractivity contribution in [2.75, 3.05) is 13.7 Å². The van der Waals surface area contributed by atoms with E-state index in [9.17, 15) is 18.0 Å². The Morgan fingerprint density at radius 2 is 2.17 bits per heavy atom. The highest BCUT2D eigenvalue weighted by molar-refractivity contribution is 7.16. The fraction of sp³-hybridized carbons (Fsp3) is 0.643. The molecule has 0 N–H and O–H groups in total. The topological polar surface area (TPSA) is 59.7 Å². The Bertz CT molecular complexity index is 755. The van der Waals surface area contributed by atoms with E-state index in [1.165, 1.54) is 16.2 Å². The maximum atomic E-state index is 12.5. The summed E-state index contributed by atoms with van der Waals surface area (Å²) in [4.78, 5) is 18.6. The van der Waals surface area contributed by atoms with Crippen LogP contribution in [0.5, 0.6) is 0 Å². The first-order chi connectivity index (χ1) is 11.3. The molecule has 1 amide bonds. The molecule has 1 atom stereocenters. The Morgan fingerprint density at radius 1 is 1.42 bits per heavy atom. The Kier molecular flexibility index (Phi) is 4.52. The zero-order valence-corrected chi connectivity index (χ0v) is 14.1. The first-order valence-corrected chi connectivity index (χ1v) is 8.26. The minimum absolute atomic E-state index is 0.0630. The number of imidazole rings is 1. The number of hydrogen-bond donors (Lipinski definition) is 0. The molecule has 1 saturated heterocycles. The molecular formula is C14H17F3N4O2S. The summed E-state index contributed by atoms with van der Waals surface area (Å²) in [5.74, 6) is -0.938. The number of aryl methyl sites for hydroxylation is 1. The number of hydrogen-bond acceptors (Lipinski definition) is 5. The van der Waals surface area contributed by atoms with Gasteiger partial charge in [-0.25, -0.2) is 9.50 Å². The summed E-state index contributed by atoms with van der Waals surface area (Å²) in [6, 6.07) is 0. The van der Waals surface area contributed by atoms with Crippen molar-refractivity contribution in [3.8, 4) is 0 Å². The normalized spacial score (nSPS) is 19.0. The van der Waals surface area contributed by atoms with E-state index in [2.05, 4.69) is 10.1 Å². The van der Waals surface area contributed by atoms with Crippen LogP contribution in [0.25, 0.3) is 4.96 Å². The van der Waals surface area contributed by atoms with Gasteiger partial charge in [-0.15, -0.1) is 0 Å². The van der Waals surface area contributed by atoms with E-state index in [0.29, 0.717) is 11.6 Å². The van der Waals surface area contributed by atoms with Crippen LogP contribution >= 0.6 is 11.3 Å². The molecule has 1 unspecified atom stereocenters. The second-order valence-electron chi connectivity index (χ2n) is 5.93. The van der Waals surface area contributed by atoms with Crippen molar-refractivity contribution in [2.24, 2.45) is 5.92 Å². The summed E-state index contributed by atoms with van der Waals surface area (Å²) >= 11 is 1.39. The van der Waals surface area contributed by atoms with E-state index >= 15 is 0 Å². The fourth-order valence-corrected chi connectivity index (χ4v) is 3.88. The molecule has 6 nitrogen and oxygen atoms in total. The highest BCUT2D eigenvalue weighted by Gasteiger charge is 2.38. The van der Waals surface area contributed by atoms with E-state index in [0.717, 1.165) is 16.4 Å². The number of nitrogens with zero attached hydrogens (tertiary/aromatic N) is 4. The average Bonchev–Trinajstić information content (AvgIpc) is 3.05. The van der Waals surface area contributed by atoms with Gasteiger partial charge in [0.1, 0.15) is 5.01 Å². The molecular weight excluding hydrogens is 345 g/mol. The van der Waals surface area contributed by atoms with Crippen LogP contribution < -0.4 is 0 Å². The number of carbonyl (C=O) groups excluding carboxylic acids is 1. The molecule has 0 bridgehead atoms. The van der Waals surface area contributed by atoms with Gasteiger partial charge in [-0.3, -0.25) is 4.79 Å². The number of ether oxygens (including phenoxy) is 1. The van der Waals surface area contributed by atoms with Crippen LogP contribution in [0.15, 0.2) is 0 Å². The number of aromatic nitrogens is 3. The number of alkyl halides is 3. The van der Waals surface area contributed by atoms with Crippen LogP contribution in [0.2, 0.25) is 0 Å². The van der Waals surface area contributed by atoms with Gasteiger partial charge >= 0.3 is 6.18 Å². The van der Waals surface area contributed by atoms with Gasteiger partial charge in [0.2, 0.25) is 10.9 Å². The quantitative estimate of drug-likeness (QED) is 0.820. The third-order valence-corrected chi connectivity index (χ3v) is 4.84. The van der Waals surface area contributed by atoms with E-state index in [1.807, 2.05) is 0 Å². The molecule has 0 aliphatic carbocycles. The van der Waals surface area contributed by atoms with Crippen LogP contribution in [-0.2, 0) is 22.7 Å². The zero-order chi connectivity index (χ0) is 17.5. The number of methoxy groups -OCH3 is 1. The molecule has 2 aromatic heterocycles. The smallest absolute Gasteiger partial charge is 0.377 e. The molecule has 24 heavy (non-hydrogen) atoms. The van der Waals surface area contributed by atoms with Crippen molar-refractivity contribution in [1.82, 2.24) is 19.5 Å². The number of likely N-dealkylation sites (tertiary alicyclic amines) is 1. The summed E-state index contributed by atoms with van der Waals surface area (Å²) < 4.78 is 44.3. The molecule has 2 aromatic rings. The van der Waals surface area contributed by atoms with Crippen molar-refractivity contribution in [3.05, 3.63) is 16.4 Å². The second-order valence-corrected chi connectivity index (χ2v) is 6.97. The van der Waals surface area contributed by atoms with Gasteiger partial charge in [0.05, 0.1) is 24.5 Å². The molecule has 0 saturated carbocycles. The van der Waals surface area contributed by atoms with E-state index in [-0.39, 0.29) is 25.4 Å². The lowest BCUT2D eigenvalue weighted by Gasteiger charge is -2.17. The monoisotopic (exact) mass is 362 g/mol. The van der Waals surface area contributed by atoms with Crippen LogP contribution in [0.1, 0.15) is 29.2 Å². The molecule has 132 valence electrons. The first kappa shape index (κ1) is 17.2. The third-order valence-electron chi connectivity index (χ3n) is 3.96. The minimum Gasteiger partial charge on any atom is -0.377 e. The maximum Gasteiger partial charge on any atom is 0.389 e. The predicted molar refractivity (Wildman–Crippen MR) is 80.5 cm³/mol. The fourth-order valence-electron chi connectivity index (χ4n) is 2.95. The Labute approximate surface area is 140 Å². The Balaban J connectivity index is 1.77. The number of amides is 1. The number of halogens is 3. The Morgan fingerprint density at radius 3 is 2.83 bits per heavy atom. The summed E-state index contributed by atoms with van der Waals surface area (Å²) in [7, 11) is 1.57. The second kappa shape index (κ2) is 6.32. The van der Waals surface area contributed by atoms with Gasteiger partial charge in [-0.05, 0) is 12.8 Å². The van der Waals surface area contributed by atoms with Crippen molar-refractivity contribution >= 4 is 22.2 Å². The van der Waals surface area contributed by atoms with Crippen LogP contribution in [0, 0.1) is 12.8 Å². The first-order valence-electron chi connectivity index (χ1n) is 7.44. The van der Waals surface area contributed by atoms with E-state index in [4.69, 9.17) is 4.74 Å². The van der Waals surface area contributed by atoms with Crippen molar-refractivity contribution in [3.63, 3.8) is 0 Å². The summed E-state index contributed by atoms with van der Waals surface area (Å²) in [5, 5.41) is 5.15. The van der Waals surface area contributed by atoms with Crippen molar-refractivity contribution in [2.45, 2.75) is 39.1 Å². The highest BCUT2D eigenvalue weighted by Crippen LogP contribution is 2.32. The highest BCUT2D eigenvalue weighted by atomic mass is 32.1. The van der Waals surface area contributed by atoms with Crippen LogP contribution in [-0.4, -0.2) is 45.2 Å². The van der Waals surface area contributed by atoms with Gasteiger partial charge in [0.15, 0.2) is 0 Å². The van der Waals surface area contributed by atoms with Crippen LogP contribution in [0.3, 0.4) is 0 Å². The number of rotatable bonds is 5. The van der Waals surface area contributed by atoms with Gasteiger partial charge in [-0.1, -0.05) is 11.3 Å². The predicted octanol–water partition coefficient (Wildman–Crippen LogP) is 2.55. The molecule has 1 fully saturated rings. The number of carbonyl (C=O) groups is 1. The summed E-state index contributed by atoms with van der Waals surface area (Å²) in [6.07, 6.45) is -5.23. The van der Waals surface area contributed by atoms with Crippen molar-refractivity contribution < 1.29 is 22.7 Å². The largest absolute Gasteiger partial charge is 0.389 e. The van der Waals surface area contributed by atoms with Gasteiger partial charge < -0.3 is 9.64 Å². The van der Waals surface area contributed by atoms with Gasteiger partial charge in [-0.2, -0.15) is 18.3 Å². The molecule has 1 aliphatic heterocycles. The maximum absolute atomic E-state index is 12.5. The lowest BCUT2D eigenvalue weighted by Crippen LogP contribution is -2.26. The standard InChI is InChI=1S/C14H17F3N4O2S/c1-8-10(21-13(18-8)24-11(19-21)7-23-2)6-20-5-9(3-12(20)22)4-14(15,16)17/h9H,3-7H2,1-2H3. The Hall–Kier alpha value is -1.68. The lowest BCUT2D eigenvalue weighted by molar-refractivity contribution is -0.143. The van der Waals surface area contributed by atoms with Crippen LogP contribution in [0.4, 0.5) is 13.2 Å². The molecule has 3 rings (SSSR count). The SMILES string of the molecule is COCc1nn2c(CN3CC(CC(F)(F)F)CC3=O)c(C)nc2s1. The summed E-state index contributed by atoms with van der Waals surface area (Å²) in [5.41, 5.74) is 1.45. The molecule has 10 heteroatoms. The molecule has 0 aromatic carbocycles. The molecule has 0 radical (unpaired) electrons. The van der Waals surface area contributed by atoms with Gasteiger partial charge in [0, 0.05) is 26.5 Å².